The molecule has 0 amide bonds. The first-order valence-corrected chi connectivity index (χ1v) is 7.03. The predicted octanol–water partition coefficient (Wildman–Crippen LogP) is 2.80. The lowest BCUT2D eigenvalue weighted by Gasteiger charge is -2.08. The lowest BCUT2D eigenvalue weighted by Crippen LogP contribution is -2.05. The van der Waals surface area contributed by atoms with Crippen molar-refractivity contribution in [2.75, 3.05) is 0 Å². The van der Waals surface area contributed by atoms with Gasteiger partial charge in [-0.15, -0.1) is 5.10 Å². The number of aliphatic hydroxyl groups is 1. The van der Waals surface area contributed by atoms with Gasteiger partial charge in [-0.3, -0.25) is 0 Å². The lowest BCUT2D eigenvalue weighted by molar-refractivity contribution is 0.275. The summed E-state index contributed by atoms with van der Waals surface area (Å²) in [5, 5.41) is 17.7. The molecule has 112 valence electrons. The molecule has 0 radical (unpaired) electrons. The molecule has 0 spiro atoms. The third-order valence-corrected chi connectivity index (χ3v) is 3.52. The summed E-state index contributed by atoms with van der Waals surface area (Å²) in [4.78, 5) is 0. The van der Waals surface area contributed by atoms with E-state index in [1.165, 1.54) is 12.1 Å². The molecule has 5 heteroatoms. The Bertz CT molecular complexity index is 781. The molecule has 22 heavy (non-hydrogen) atoms. The number of benzene rings is 2. The molecule has 4 nitrogen and oxygen atoms in total. The summed E-state index contributed by atoms with van der Waals surface area (Å²) in [7, 11) is 0. The Morgan fingerprint density at radius 2 is 1.91 bits per heavy atom. The number of aromatic nitrogens is 3. The van der Waals surface area contributed by atoms with Crippen LogP contribution in [0.1, 0.15) is 22.5 Å². The van der Waals surface area contributed by atoms with Crippen molar-refractivity contribution in [1.82, 2.24) is 15.0 Å². The quantitative estimate of drug-likeness (QED) is 0.805. The Morgan fingerprint density at radius 1 is 1.14 bits per heavy atom. The minimum Gasteiger partial charge on any atom is -0.390 e. The van der Waals surface area contributed by atoms with Crippen LogP contribution >= 0.6 is 0 Å². The molecule has 3 aromatic rings. The van der Waals surface area contributed by atoms with Crippen LogP contribution in [-0.4, -0.2) is 20.1 Å². The van der Waals surface area contributed by atoms with E-state index in [2.05, 4.69) is 10.3 Å². The monoisotopic (exact) mass is 297 g/mol. The largest absolute Gasteiger partial charge is 0.390 e. The highest BCUT2D eigenvalue weighted by molar-refractivity contribution is 5.38. The van der Waals surface area contributed by atoms with Gasteiger partial charge in [0.2, 0.25) is 0 Å². The van der Waals surface area contributed by atoms with Gasteiger partial charge >= 0.3 is 0 Å². The fourth-order valence-corrected chi connectivity index (χ4v) is 2.40. The van der Waals surface area contributed by atoms with Gasteiger partial charge in [0.15, 0.2) is 0 Å². The zero-order chi connectivity index (χ0) is 15.5. The van der Waals surface area contributed by atoms with Crippen molar-refractivity contribution < 1.29 is 9.50 Å². The maximum Gasteiger partial charge on any atom is 0.123 e. The SMILES string of the molecule is Cc1cccc(-n2nnc(CO)c2Cc2ccc(F)cc2)c1. The Balaban J connectivity index is 2.02. The molecule has 0 saturated carbocycles. The van der Waals surface area contributed by atoms with E-state index in [1.54, 1.807) is 16.8 Å². The first-order valence-electron chi connectivity index (χ1n) is 7.03. The molecule has 0 aliphatic heterocycles. The van der Waals surface area contributed by atoms with Crippen molar-refractivity contribution in [1.29, 1.82) is 0 Å². The second-order valence-electron chi connectivity index (χ2n) is 5.19. The molecule has 0 atom stereocenters. The highest BCUT2D eigenvalue weighted by Crippen LogP contribution is 2.18. The zero-order valence-electron chi connectivity index (χ0n) is 12.2. The summed E-state index contributed by atoms with van der Waals surface area (Å²) in [5.74, 6) is -0.267. The first-order chi connectivity index (χ1) is 10.7. The third-order valence-electron chi connectivity index (χ3n) is 3.52. The molecular formula is C17H16FN3O. The van der Waals surface area contributed by atoms with E-state index in [0.29, 0.717) is 12.1 Å². The molecule has 0 fully saturated rings. The van der Waals surface area contributed by atoms with Crippen molar-refractivity contribution >= 4 is 0 Å². The summed E-state index contributed by atoms with van der Waals surface area (Å²) in [6, 6.07) is 14.2. The van der Waals surface area contributed by atoms with Crippen LogP contribution in [0, 0.1) is 12.7 Å². The van der Waals surface area contributed by atoms with Gasteiger partial charge in [-0.2, -0.15) is 0 Å². The van der Waals surface area contributed by atoms with E-state index in [-0.39, 0.29) is 12.4 Å². The number of aliphatic hydroxyl groups excluding tert-OH is 1. The van der Waals surface area contributed by atoms with E-state index in [1.807, 2.05) is 31.2 Å². The summed E-state index contributed by atoms with van der Waals surface area (Å²) in [6.45, 7) is 1.83. The molecule has 0 bridgehead atoms. The number of halogens is 1. The van der Waals surface area contributed by atoms with Gasteiger partial charge < -0.3 is 5.11 Å². The molecule has 1 N–H and O–H groups in total. The lowest BCUT2D eigenvalue weighted by atomic mass is 10.1. The van der Waals surface area contributed by atoms with Gasteiger partial charge in [0.05, 0.1) is 18.0 Å². The van der Waals surface area contributed by atoms with Crippen LogP contribution in [0.2, 0.25) is 0 Å². The highest BCUT2D eigenvalue weighted by Gasteiger charge is 2.14. The van der Waals surface area contributed by atoms with Crippen molar-refractivity contribution in [3.8, 4) is 5.69 Å². The second kappa shape index (κ2) is 6.07. The predicted molar refractivity (Wildman–Crippen MR) is 81.2 cm³/mol. The Kier molecular flexibility index (Phi) is 3.98. The summed E-state index contributed by atoms with van der Waals surface area (Å²) in [5.41, 5.74) is 4.29. The van der Waals surface area contributed by atoms with Crippen LogP contribution in [0.25, 0.3) is 5.69 Å². The number of nitrogens with zero attached hydrogens (tertiary/aromatic N) is 3. The maximum atomic E-state index is 13.0. The third kappa shape index (κ3) is 2.89. The number of aryl methyl sites for hydroxylation is 1. The van der Waals surface area contributed by atoms with Gasteiger partial charge in [0, 0.05) is 6.42 Å². The average Bonchev–Trinajstić information content (AvgIpc) is 2.92. The summed E-state index contributed by atoms with van der Waals surface area (Å²) >= 11 is 0. The van der Waals surface area contributed by atoms with Gasteiger partial charge in [-0.05, 0) is 42.3 Å². The maximum absolute atomic E-state index is 13.0. The number of rotatable bonds is 4. The van der Waals surface area contributed by atoms with E-state index in [9.17, 15) is 9.50 Å². The fourth-order valence-electron chi connectivity index (χ4n) is 2.40. The fraction of sp³-hybridized carbons (Fsp3) is 0.176. The van der Waals surface area contributed by atoms with Crippen molar-refractivity contribution in [3.63, 3.8) is 0 Å². The molecule has 3 rings (SSSR count). The normalized spacial score (nSPS) is 10.9. The Hall–Kier alpha value is -2.53. The van der Waals surface area contributed by atoms with Crippen LogP contribution in [0.15, 0.2) is 48.5 Å². The highest BCUT2D eigenvalue weighted by atomic mass is 19.1. The van der Waals surface area contributed by atoms with E-state index in [0.717, 1.165) is 22.5 Å². The van der Waals surface area contributed by atoms with Gasteiger partial charge in [0.25, 0.3) is 0 Å². The molecule has 1 heterocycles. The van der Waals surface area contributed by atoms with Crippen LogP contribution in [0.4, 0.5) is 4.39 Å². The smallest absolute Gasteiger partial charge is 0.123 e. The number of hydrogen-bond acceptors (Lipinski definition) is 3. The average molecular weight is 297 g/mol. The van der Waals surface area contributed by atoms with Crippen molar-refractivity contribution in [2.45, 2.75) is 20.0 Å². The van der Waals surface area contributed by atoms with Gasteiger partial charge in [-0.1, -0.05) is 29.5 Å². The molecule has 0 aliphatic rings. The van der Waals surface area contributed by atoms with E-state index < -0.39 is 0 Å². The van der Waals surface area contributed by atoms with Crippen molar-refractivity contribution in [2.24, 2.45) is 0 Å². The Labute approximate surface area is 127 Å². The van der Waals surface area contributed by atoms with Crippen LogP contribution in [0.5, 0.6) is 0 Å². The van der Waals surface area contributed by atoms with Crippen LogP contribution in [0.3, 0.4) is 0 Å². The first kappa shape index (κ1) is 14.4. The molecule has 0 saturated heterocycles. The van der Waals surface area contributed by atoms with Gasteiger partial charge in [-0.25, -0.2) is 9.07 Å². The second-order valence-corrected chi connectivity index (χ2v) is 5.19. The topological polar surface area (TPSA) is 50.9 Å². The molecule has 0 unspecified atom stereocenters. The summed E-state index contributed by atoms with van der Waals surface area (Å²) in [6.07, 6.45) is 0.525. The van der Waals surface area contributed by atoms with Crippen LogP contribution in [-0.2, 0) is 13.0 Å². The molecular weight excluding hydrogens is 281 g/mol. The minimum absolute atomic E-state index is 0.178. The van der Waals surface area contributed by atoms with E-state index in [4.69, 9.17) is 0 Å². The molecule has 2 aromatic carbocycles. The molecule has 1 aromatic heterocycles. The summed E-state index contributed by atoms with van der Waals surface area (Å²) < 4.78 is 14.8. The van der Waals surface area contributed by atoms with Gasteiger partial charge in [0.1, 0.15) is 11.5 Å². The van der Waals surface area contributed by atoms with E-state index >= 15 is 0 Å². The number of hydrogen-bond donors (Lipinski definition) is 1. The molecule has 0 aliphatic carbocycles. The minimum atomic E-state index is -0.267. The van der Waals surface area contributed by atoms with Crippen molar-refractivity contribution in [3.05, 3.63) is 76.9 Å². The van der Waals surface area contributed by atoms with Crippen LogP contribution < -0.4 is 0 Å². The Morgan fingerprint density at radius 3 is 2.59 bits per heavy atom. The standard InChI is InChI=1S/C17H16FN3O/c1-12-3-2-4-15(9-12)21-17(16(11-22)19-20-21)10-13-5-7-14(18)8-6-13/h2-9,22H,10-11H2,1H3. The zero-order valence-corrected chi connectivity index (χ0v) is 12.2.